The zero-order valence-electron chi connectivity index (χ0n) is 14.1. The van der Waals surface area contributed by atoms with E-state index in [2.05, 4.69) is 10.6 Å². The Hall–Kier alpha value is -1.63. The van der Waals surface area contributed by atoms with Gasteiger partial charge in [-0.3, -0.25) is 4.79 Å². The summed E-state index contributed by atoms with van der Waals surface area (Å²) in [6, 6.07) is 7.20. The van der Waals surface area contributed by atoms with Crippen molar-refractivity contribution in [3.63, 3.8) is 0 Å². The van der Waals surface area contributed by atoms with Crippen molar-refractivity contribution in [1.29, 1.82) is 0 Å². The topological polar surface area (TPSA) is 68.8 Å². The Balaban J connectivity index is 1.47. The number of benzene rings is 1. The van der Waals surface area contributed by atoms with Gasteiger partial charge < -0.3 is 24.8 Å². The Kier molecular flexibility index (Phi) is 6.07. The molecule has 2 heterocycles. The molecule has 2 N–H and O–H groups in total. The Morgan fingerprint density at radius 1 is 1.25 bits per heavy atom. The zero-order valence-corrected chi connectivity index (χ0v) is 14.1. The molecular formula is C18H26N2O4. The van der Waals surface area contributed by atoms with Crippen molar-refractivity contribution < 1.29 is 19.0 Å². The molecule has 0 radical (unpaired) electrons. The van der Waals surface area contributed by atoms with Gasteiger partial charge in [-0.15, -0.1) is 0 Å². The predicted molar refractivity (Wildman–Crippen MR) is 91.3 cm³/mol. The zero-order chi connectivity index (χ0) is 16.8. The van der Waals surface area contributed by atoms with Gasteiger partial charge in [0, 0.05) is 25.4 Å². The van der Waals surface area contributed by atoms with Gasteiger partial charge in [-0.05, 0) is 49.9 Å². The van der Waals surface area contributed by atoms with Gasteiger partial charge in [-0.1, -0.05) is 0 Å². The average Bonchev–Trinajstić information content (AvgIpc) is 2.62. The standard InChI is InChI=1S/C18H26N2O4/c1-13-17(19-8-11-23-13)18(21)20-15-2-4-16(5-3-15)24-12-14-6-9-22-10-7-14/h2-5,13-14,17,19H,6-12H2,1H3,(H,20,21)/t13-,17+/m1/s1. The Morgan fingerprint density at radius 2 is 2.00 bits per heavy atom. The third kappa shape index (κ3) is 4.69. The van der Waals surface area contributed by atoms with E-state index in [0.29, 0.717) is 19.1 Å². The summed E-state index contributed by atoms with van der Waals surface area (Å²) >= 11 is 0. The summed E-state index contributed by atoms with van der Waals surface area (Å²) in [6.07, 6.45) is 1.99. The lowest BCUT2D eigenvalue weighted by atomic mass is 10.0. The Morgan fingerprint density at radius 3 is 2.71 bits per heavy atom. The van der Waals surface area contributed by atoms with Crippen LogP contribution in [0.15, 0.2) is 24.3 Å². The maximum Gasteiger partial charge on any atom is 0.244 e. The second-order valence-electron chi connectivity index (χ2n) is 6.39. The minimum Gasteiger partial charge on any atom is -0.493 e. The summed E-state index contributed by atoms with van der Waals surface area (Å²) in [6.45, 7) is 5.62. The van der Waals surface area contributed by atoms with Crippen molar-refractivity contribution in [3.05, 3.63) is 24.3 Å². The molecule has 2 aliphatic heterocycles. The second kappa shape index (κ2) is 8.46. The van der Waals surface area contributed by atoms with Crippen molar-refractivity contribution in [2.24, 2.45) is 5.92 Å². The third-order valence-electron chi connectivity index (χ3n) is 4.55. The molecule has 0 saturated carbocycles. The van der Waals surface area contributed by atoms with Crippen LogP contribution in [0.4, 0.5) is 5.69 Å². The maximum atomic E-state index is 12.3. The average molecular weight is 334 g/mol. The molecule has 2 atom stereocenters. The van der Waals surface area contributed by atoms with Crippen LogP contribution in [-0.2, 0) is 14.3 Å². The molecule has 3 rings (SSSR count). The molecule has 2 fully saturated rings. The highest BCUT2D eigenvalue weighted by atomic mass is 16.5. The first kappa shape index (κ1) is 17.2. The Bertz CT molecular complexity index is 528. The van der Waals surface area contributed by atoms with Crippen molar-refractivity contribution in [2.45, 2.75) is 31.9 Å². The van der Waals surface area contributed by atoms with Crippen molar-refractivity contribution in [2.75, 3.05) is 38.3 Å². The van der Waals surface area contributed by atoms with E-state index in [1.807, 2.05) is 31.2 Å². The van der Waals surface area contributed by atoms with Crippen LogP contribution in [0.5, 0.6) is 5.75 Å². The van der Waals surface area contributed by atoms with Crippen LogP contribution < -0.4 is 15.4 Å². The third-order valence-corrected chi connectivity index (χ3v) is 4.55. The normalized spacial score (nSPS) is 25.2. The smallest absolute Gasteiger partial charge is 0.244 e. The van der Waals surface area contributed by atoms with E-state index in [1.54, 1.807) is 0 Å². The van der Waals surface area contributed by atoms with Gasteiger partial charge in [-0.2, -0.15) is 0 Å². The van der Waals surface area contributed by atoms with Crippen molar-refractivity contribution in [1.82, 2.24) is 5.32 Å². The number of hydrogen-bond acceptors (Lipinski definition) is 5. The van der Waals surface area contributed by atoms with Crippen LogP contribution in [-0.4, -0.2) is 51.0 Å². The highest BCUT2D eigenvalue weighted by molar-refractivity contribution is 5.95. The monoisotopic (exact) mass is 334 g/mol. The van der Waals surface area contributed by atoms with Gasteiger partial charge in [0.25, 0.3) is 0 Å². The van der Waals surface area contributed by atoms with Gasteiger partial charge >= 0.3 is 0 Å². The first-order valence-electron chi connectivity index (χ1n) is 8.69. The fraction of sp³-hybridized carbons (Fsp3) is 0.611. The molecule has 1 aromatic rings. The highest BCUT2D eigenvalue weighted by Crippen LogP contribution is 2.20. The lowest BCUT2D eigenvalue weighted by molar-refractivity contribution is -0.123. The minimum atomic E-state index is -0.316. The molecule has 6 heteroatoms. The lowest BCUT2D eigenvalue weighted by Gasteiger charge is -2.29. The van der Waals surface area contributed by atoms with E-state index in [-0.39, 0.29) is 18.1 Å². The fourth-order valence-electron chi connectivity index (χ4n) is 3.01. The molecule has 1 aromatic carbocycles. The quantitative estimate of drug-likeness (QED) is 0.859. The molecule has 2 saturated heterocycles. The van der Waals surface area contributed by atoms with E-state index < -0.39 is 0 Å². The number of anilines is 1. The largest absolute Gasteiger partial charge is 0.493 e. The van der Waals surface area contributed by atoms with Crippen LogP contribution in [0.25, 0.3) is 0 Å². The molecule has 1 amide bonds. The number of carbonyl (C=O) groups is 1. The SMILES string of the molecule is C[C@H]1OCCN[C@@H]1C(=O)Nc1ccc(OCC2CCOCC2)cc1. The van der Waals surface area contributed by atoms with Crippen molar-refractivity contribution in [3.8, 4) is 5.75 Å². The van der Waals surface area contributed by atoms with Gasteiger partial charge in [0.15, 0.2) is 0 Å². The van der Waals surface area contributed by atoms with E-state index in [4.69, 9.17) is 14.2 Å². The van der Waals surface area contributed by atoms with Gasteiger partial charge in [-0.25, -0.2) is 0 Å². The molecule has 6 nitrogen and oxygen atoms in total. The molecule has 0 aliphatic carbocycles. The van der Waals surface area contributed by atoms with E-state index in [1.165, 1.54) is 0 Å². The lowest BCUT2D eigenvalue weighted by Crippen LogP contribution is -2.53. The van der Waals surface area contributed by atoms with Gasteiger partial charge in [0.1, 0.15) is 11.8 Å². The number of nitrogens with one attached hydrogen (secondary N) is 2. The van der Waals surface area contributed by atoms with E-state index in [0.717, 1.165) is 44.1 Å². The number of carbonyl (C=O) groups excluding carboxylic acids is 1. The molecule has 0 unspecified atom stereocenters. The number of amides is 1. The fourth-order valence-corrected chi connectivity index (χ4v) is 3.01. The van der Waals surface area contributed by atoms with E-state index >= 15 is 0 Å². The van der Waals surface area contributed by atoms with Crippen LogP contribution in [0.2, 0.25) is 0 Å². The molecule has 0 bridgehead atoms. The first-order chi connectivity index (χ1) is 11.7. The van der Waals surface area contributed by atoms with Crippen LogP contribution >= 0.6 is 0 Å². The number of rotatable bonds is 5. The number of hydrogen-bond donors (Lipinski definition) is 2. The summed E-state index contributed by atoms with van der Waals surface area (Å²) in [4.78, 5) is 12.3. The molecule has 0 spiro atoms. The second-order valence-corrected chi connectivity index (χ2v) is 6.39. The molecule has 2 aliphatic rings. The Labute approximate surface area is 142 Å². The van der Waals surface area contributed by atoms with Crippen molar-refractivity contribution >= 4 is 11.6 Å². The van der Waals surface area contributed by atoms with Crippen LogP contribution in [0, 0.1) is 5.92 Å². The van der Waals surface area contributed by atoms with Crippen LogP contribution in [0.1, 0.15) is 19.8 Å². The van der Waals surface area contributed by atoms with E-state index in [9.17, 15) is 4.79 Å². The minimum absolute atomic E-state index is 0.0712. The molecule has 132 valence electrons. The summed E-state index contributed by atoms with van der Waals surface area (Å²) in [7, 11) is 0. The molecular weight excluding hydrogens is 308 g/mol. The summed E-state index contributed by atoms with van der Waals surface area (Å²) < 4.78 is 16.7. The van der Waals surface area contributed by atoms with Gasteiger partial charge in [0.05, 0.1) is 19.3 Å². The first-order valence-corrected chi connectivity index (χ1v) is 8.69. The molecule has 0 aromatic heterocycles. The maximum absolute atomic E-state index is 12.3. The van der Waals surface area contributed by atoms with Crippen LogP contribution in [0.3, 0.4) is 0 Å². The van der Waals surface area contributed by atoms with Gasteiger partial charge in [0.2, 0.25) is 5.91 Å². The predicted octanol–water partition coefficient (Wildman–Crippen LogP) is 1.81. The molecule has 24 heavy (non-hydrogen) atoms. The highest BCUT2D eigenvalue weighted by Gasteiger charge is 2.28. The summed E-state index contributed by atoms with van der Waals surface area (Å²) in [5, 5.41) is 6.11. The number of ether oxygens (including phenoxy) is 3. The summed E-state index contributed by atoms with van der Waals surface area (Å²) in [5.74, 6) is 1.32. The number of morpholine rings is 1. The summed E-state index contributed by atoms with van der Waals surface area (Å²) in [5.41, 5.74) is 0.762.